The molecule has 0 spiro atoms. The summed E-state index contributed by atoms with van der Waals surface area (Å²) in [6.07, 6.45) is 3.47. The number of carbonyl (C=O) groups is 2. The number of nitrogens with one attached hydrogen (secondary N) is 1. The third kappa shape index (κ3) is 1.90. The zero-order valence-electron chi connectivity index (χ0n) is 11.7. The highest BCUT2D eigenvalue weighted by atomic mass is 16.4. The lowest BCUT2D eigenvalue weighted by molar-refractivity contribution is -0.105. The molecule has 2 N–H and O–H groups in total. The molecule has 3 heterocycles. The molecular weight excluding hydrogens is 300 g/mol. The largest absolute Gasteiger partial charge is 0.476 e. The van der Waals surface area contributed by atoms with E-state index < -0.39 is 5.97 Å². The summed E-state index contributed by atoms with van der Waals surface area (Å²) in [5.41, 5.74) is 2.55. The van der Waals surface area contributed by atoms with Crippen LogP contribution in [0.4, 0.5) is 5.69 Å². The molecule has 1 aliphatic rings. The minimum absolute atomic E-state index is 0.0191. The highest BCUT2D eigenvalue weighted by Gasteiger charge is 2.26. The predicted octanol–water partition coefficient (Wildman–Crippen LogP) is 0.759. The molecule has 0 unspecified atom stereocenters. The molecule has 0 aliphatic carbocycles. The monoisotopic (exact) mass is 310 g/mol. The van der Waals surface area contributed by atoms with Crippen molar-refractivity contribution < 1.29 is 14.7 Å². The molecule has 0 bridgehead atoms. The lowest BCUT2D eigenvalue weighted by Gasteiger charge is -2.10. The van der Waals surface area contributed by atoms with Crippen LogP contribution in [0.25, 0.3) is 17.1 Å². The molecule has 0 radical (unpaired) electrons. The molecule has 4 rings (SSSR count). The van der Waals surface area contributed by atoms with Crippen molar-refractivity contribution in [3.63, 3.8) is 0 Å². The summed E-state index contributed by atoms with van der Waals surface area (Å²) in [7, 11) is 0. The van der Waals surface area contributed by atoms with E-state index in [1.165, 1.54) is 12.7 Å². The van der Waals surface area contributed by atoms with Crippen LogP contribution in [0.3, 0.4) is 0 Å². The maximum absolute atomic E-state index is 11.4. The number of carboxylic acids is 1. The van der Waals surface area contributed by atoms with E-state index in [4.69, 9.17) is 0 Å². The highest BCUT2D eigenvalue weighted by Crippen LogP contribution is 2.33. The fourth-order valence-electron chi connectivity index (χ4n) is 2.72. The van der Waals surface area contributed by atoms with Gasteiger partial charge >= 0.3 is 5.97 Å². The zero-order valence-corrected chi connectivity index (χ0v) is 11.7. The van der Waals surface area contributed by atoms with Crippen molar-refractivity contribution in [3.05, 3.63) is 42.2 Å². The van der Waals surface area contributed by atoms with Gasteiger partial charge in [0, 0.05) is 11.3 Å². The van der Waals surface area contributed by atoms with E-state index in [0.29, 0.717) is 23.6 Å². The van der Waals surface area contributed by atoms with Crippen LogP contribution in [-0.4, -0.2) is 41.8 Å². The first-order valence-electron chi connectivity index (χ1n) is 6.71. The van der Waals surface area contributed by atoms with E-state index in [0.717, 1.165) is 11.3 Å². The Morgan fingerprint density at radius 2 is 2.22 bits per heavy atom. The highest BCUT2D eigenvalue weighted by molar-refractivity contribution is 5.87. The minimum Gasteiger partial charge on any atom is -0.476 e. The SMILES string of the molecule is O=CNc1ccc2c(c1)-c1ncnn1Cc1c(C(=O)O)ncn1-2. The Morgan fingerprint density at radius 3 is 3.00 bits per heavy atom. The molecule has 1 aliphatic heterocycles. The Bertz CT molecular complexity index is 942. The Hall–Kier alpha value is -3.49. The Balaban J connectivity index is 2.02. The van der Waals surface area contributed by atoms with Crippen molar-refractivity contribution in [1.82, 2.24) is 24.3 Å². The molecule has 9 nitrogen and oxygen atoms in total. The molecule has 0 saturated heterocycles. The van der Waals surface area contributed by atoms with Gasteiger partial charge < -0.3 is 10.4 Å². The van der Waals surface area contributed by atoms with Gasteiger partial charge in [-0.1, -0.05) is 0 Å². The summed E-state index contributed by atoms with van der Waals surface area (Å²) in [4.78, 5) is 30.3. The lowest BCUT2D eigenvalue weighted by atomic mass is 10.1. The van der Waals surface area contributed by atoms with Crippen LogP contribution >= 0.6 is 0 Å². The molecule has 0 fully saturated rings. The summed E-state index contributed by atoms with van der Waals surface area (Å²) in [6.45, 7) is 0.238. The predicted molar refractivity (Wildman–Crippen MR) is 78.3 cm³/mol. The van der Waals surface area contributed by atoms with E-state index >= 15 is 0 Å². The van der Waals surface area contributed by atoms with E-state index in [-0.39, 0.29) is 12.2 Å². The number of anilines is 1. The number of nitrogens with zero attached hydrogens (tertiary/aromatic N) is 5. The molecule has 9 heteroatoms. The van der Waals surface area contributed by atoms with E-state index in [2.05, 4.69) is 20.4 Å². The lowest BCUT2D eigenvalue weighted by Crippen LogP contribution is -2.09. The van der Waals surface area contributed by atoms with Gasteiger partial charge in [0.25, 0.3) is 0 Å². The number of imidazole rings is 1. The number of amides is 1. The minimum atomic E-state index is -1.09. The van der Waals surface area contributed by atoms with Crippen LogP contribution in [0, 0.1) is 0 Å². The van der Waals surface area contributed by atoms with Crippen molar-refractivity contribution in [3.8, 4) is 17.1 Å². The van der Waals surface area contributed by atoms with Gasteiger partial charge in [-0.25, -0.2) is 19.4 Å². The van der Waals surface area contributed by atoms with Crippen molar-refractivity contribution >= 4 is 18.1 Å². The van der Waals surface area contributed by atoms with Crippen molar-refractivity contribution in [1.29, 1.82) is 0 Å². The van der Waals surface area contributed by atoms with Crippen molar-refractivity contribution in [2.45, 2.75) is 6.54 Å². The van der Waals surface area contributed by atoms with Gasteiger partial charge in [-0.2, -0.15) is 5.10 Å². The van der Waals surface area contributed by atoms with Crippen LogP contribution in [0.1, 0.15) is 16.2 Å². The Morgan fingerprint density at radius 1 is 1.35 bits per heavy atom. The van der Waals surface area contributed by atoms with Gasteiger partial charge in [0.05, 0.1) is 17.9 Å². The number of carboxylic acid groups (broad SMARTS) is 1. The molecule has 114 valence electrons. The standard InChI is InChI=1S/C14H10N6O3/c21-7-17-8-1-2-10-9(3-8)13-15-5-18-20(13)4-11-12(14(22)23)16-6-19(10)11/h1-3,5-7H,4H2,(H,17,21)(H,22,23). The molecular formula is C14H10N6O3. The average Bonchev–Trinajstić information content (AvgIpc) is 3.13. The number of aromatic nitrogens is 5. The van der Waals surface area contributed by atoms with Crippen LogP contribution in [0.15, 0.2) is 30.9 Å². The van der Waals surface area contributed by atoms with Gasteiger partial charge in [-0.05, 0) is 18.2 Å². The third-order valence-corrected chi connectivity index (χ3v) is 3.71. The molecule has 1 aromatic carbocycles. The van der Waals surface area contributed by atoms with Crippen LogP contribution in [-0.2, 0) is 11.3 Å². The summed E-state index contributed by atoms with van der Waals surface area (Å²) in [6, 6.07) is 5.27. The molecule has 0 saturated carbocycles. The second-order valence-corrected chi connectivity index (χ2v) is 4.95. The Labute approximate surface area is 129 Å². The number of aromatic carboxylic acids is 1. The van der Waals surface area contributed by atoms with Crippen LogP contribution in [0.2, 0.25) is 0 Å². The molecule has 3 aromatic rings. The molecule has 1 amide bonds. The Kier molecular flexibility index (Phi) is 2.73. The van der Waals surface area contributed by atoms with Crippen molar-refractivity contribution in [2.24, 2.45) is 0 Å². The first-order chi connectivity index (χ1) is 11.2. The third-order valence-electron chi connectivity index (χ3n) is 3.71. The summed E-state index contributed by atoms with van der Waals surface area (Å²) < 4.78 is 3.32. The second kappa shape index (κ2) is 4.77. The zero-order chi connectivity index (χ0) is 16.0. The summed E-state index contributed by atoms with van der Waals surface area (Å²) >= 11 is 0. The normalized spacial score (nSPS) is 11.8. The molecule has 23 heavy (non-hydrogen) atoms. The topological polar surface area (TPSA) is 115 Å². The maximum atomic E-state index is 11.4. The quantitative estimate of drug-likeness (QED) is 0.540. The van der Waals surface area contributed by atoms with Crippen LogP contribution < -0.4 is 5.32 Å². The van der Waals surface area contributed by atoms with Gasteiger partial charge in [0.2, 0.25) is 6.41 Å². The van der Waals surface area contributed by atoms with Gasteiger partial charge in [-0.15, -0.1) is 0 Å². The number of rotatable bonds is 3. The van der Waals surface area contributed by atoms with E-state index in [9.17, 15) is 14.7 Å². The summed E-state index contributed by atoms with van der Waals surface area (Å²) in [5, 5.41) is 16.1. The molecule has 2 aromatic heterocycles. The second-order valence-electron chi connectivity index (χ2n) is 4.95. The fraction of sp³-hybridized carbons (Fsp3) is 0.0714. The van der Waals surface area contributed by atoms with Gasteiger partial charge in [0.15, 0.2) is 11.5 Å². The van der Waals surface area contributed by atoms with E-state index in [1.54, 1.807) is 27.4 Å². The number of hydrogen-bond acceptors (Lipinski definition) is 5. The first kappa shape index (κ1) is 13.2. The molecule has 0 atom stereocenters. The van der Waals surface area contributed by atoms with Crippen molar-refractivity contribution in [2.75, 3.05) is 5.32 Å². The van der Waals surface area contributed by atoms with Gasteiger partial charge in [0.1, 0.15) is 12.7 Å². The van der Waals surface area contributed by atoms with Crippen LogP contribution in [0.5, 0.6) is 0 Å². The number of carbonyl (C=O) groups excluding carboxylic acids is 1. The van der Waals surface area contributed by atoms with Gasteiger partial charge in [-0.3, -0.25) is 9.36 Å². The smallest absolute Gasteiger partial charge is 0.356 e. The number of fused-ring (bicyclic) bond motifs is 5. The maximum Gasteiger partial charge on any atom is 0.356 e. The number of hydrogen-bond donors (Lipinski definition) is 2. The summed E-state index contributed by atoms with van der Waals surface area (Å²) in [5.74, 6) is -0.502. The number of benzene rings is 1. The van der Waals surface area contributed by atoms with E-state index in [1.807, 2.05) is 0 Å². The fourth-order valence-corrected chi connectivity index (χ4v) is 2.72. The average molecular weight is 310 g/mol. The first-order valence-corrected chi connectivity index (χ1v) is 6.71.